The first-order valence-electron chi connectivity index (χ1n) is 11.0. The Bertz CT molecular complexity index is 1170. The van der Waals surface area contributed by atoms with Gasteiger partial charge in [-0.15, -0.1) is 0 Å². The molecule has 0 atom stereocenters. The summed E-state index contributed by atoms with van der Waals surface area (Å²) in [5.74, 6) is 0.351. The van der Waals surface area contributed by atoms with Gasteiger partial charge in [0.15, 0.2) is 11.5 Å². The lowest BCUT2D eigenvalue weighted by molar-refractivity contribution is -0.883. The molecule has 2 aromatic carbocycles. The van der Waals surface area contributed by atoms with Crippen LogP contribution in [0.3, 0.4) is 0 Å². The summed E-state index contributed by atoms with van der Waals surface area (Å²) in [6.07, 6.45) is 3.77. The Balaban J connectivity index is 1.68. The predicted molar refractivity (Wildman–Crippen MR) is 126 cm³/mol. The van der Waals surface area contributed by atoms with E-state index in [1.54, 1.807) is 12.1 Å². The van der Waals surface area contributed by atoms with Gasteiger partial charge >= 0.3 is 0 Å². The molecule has 1 saturated heterocycles. The van der Waals surface area contributed by atoms with Gasteiger partial charge in [-0.2, -0.15) is 0 Å². The number of hydrogen-bond acceptors (Lipinski definition) is 5. The molecule has 4 rings (SSSR count). The number of rotatable bonds is 6. The van der Waals surface area contributed by atoms with Gasteiger partial charge in [0.05, 0.1) is 53.1 Å². The number of fused-ring (bicyclic) bond motifs is 1. The van der Waals surface area contributed by atoms with Crippen molar-refractivity contribution in [2.24, 2.45) is 0 Å². The number of nitrogens with zero attached hydrogens (tertiary/aromatic N) is 2. The Morgan fingerprint density at radius 3 is 2.48 bits per heavy atom. The second-order valence-corrected chi connectivity index (χ2v) is 10.2. The van der Waals surface area contributed by atoms with Crippen molar-refractivity contribution >= 4 is 27.7 Å². The van der Waals surface area contributed by atoms with Crippen LogP contribution in [0.4, 0.5) is 5.69 Å². The monoisotopic (exact) mass is 472 g/mol. The van der Waals surface area contributed by atoms with Crippen LogP contribution >= 0.6 is 0 Å². The summed E-state index contributed by atoms with van der Waals surface area (Å²) in [5, 5.41) is 0. The molecule has 0 spiro atoms. The highest BCUT2D eigenvalue weighted by Crippen LogP contribution is 2.40. The maximum Gasteiger partial charge on any atom is 0.268 e. The number of hydrogen-bond donors (Lipinski definition) is 1. The van der Waals surface area contributed by atoms with Crippen molar-refractivity contribution in [2.75, 3.05) is 58.3 Å². The molecule has 1 N–H and O–H groups in total. The number of para-hydroxylation sites is 1. The third kappa shape index (κ3) is 4.56. The molecule has 0 unspecified atom stereocenters. The Labute approximate surface area is 195 Å². The van der Waals surface area contributed by atoms with Crippen LogP contribution in [0.15, 0.2) is 47.4 Å². The second kappa shape index (κ2) is 9.44. The highest BCUT2D eigenvalue weighted by atomic mass is 32.2. The molecule has 2 heterocycles. The molecule has 176 valence electrons. The van der Waals surface area contributed by atoms with E-state index in [9.17, 15) is 13.2 Å². The summed E-state index contributed by atoms with van der Waals surface area (Å²) < 4.78 is 39.7. The molecule has 2 aromatic rings. The number of benzene rings is 2. The molecular formula is C24H30N3O5S+. The van der Waals surface area contributed by atoms with Gasteiger partial charge in [0.25, 0.3) is 10.0 Å². The molecule has 0 aliphatic carbocycles. The van der Waals surface area contributed by atoms with E-state index < -0.39 is 10.0 Å². The van der Waals surface area contributed by atoms with Gasteiger partial charge < -0.3 is 19.3 Å². The van der Waals surface area contributed by atoms with Crippen molar-refractivity contribution in [2.45, 2.75) is 11.3 Å². The van der Waals surface area contributed by atoms with Crippen molar-refractivity contribution in [3.63, 3.8) is 0 Å². The van der Waals surface area contributed by atoms with Crippen LogP contribution < -0.4 is 18.7 Å². The van der Waals surface area contributed by atoms with Gasteiger partial charge in [-0.05, 0) is 41.8 Å². The number of carbonyl (C=O) groups excluding carboxylic acids is 1. The molecule has 9 heteroatoms. The lowest BCUT2D eigenvalue weighted by Gasteiger charge is -2.29. The number of anilines is 1. The third-order valence-corrected chi connectivity index (χ3v) is 8.05. The quantitative estimate of drug-likeness (QED) is 0.630. The number of sulfonamides is 1. The fourth-order valence-corrected chi connectivity index (χ4v) is 6.01. The molecule has 8 nitrogen and oxygen atoms in total. The fraction of sp³-hybridized carbons (Fsp3) is 0.375. The summed E-state index contributed by atoms with van der Waals surface area (Å²) >= 11 is 0. The fourth-order valence-electron chi connectivity index (χ4n) is 4.30. The average molecular weight is 473 g/mol. The zero-order valence-corrected chi connectivity index (χ0v) is 20.0. The number of carbonyl (C=O) groups is 1. The van der Waals surface area contributed by atoms with Crippen LogP contribution in [0.2, 0.25) is 0 Å². The van der Waals surface area contributed by atoms with Crippen LogP contribution in [0.1, 0.15) is 11.1 Å². The van der Waals surface area contributed by atoms with Gasteiger partial charge in [-0.1, -0.05) is 18.2 Å². The molecule has 1 amide bonds. The third-order valence-electron chi connectivity index (χ3n) is 6.23. The number of piperazine rings is 1. The smallest absolute Gasteiger partial charge is 0.268 e. The van der Waals surface area contributed by atoms with Gasteiger partial charge in [0.1, 0.15) is 4.90 Å². The van der Waals surface area contributed by atoms with Gasteiger partial charge in [0, 0.05) is 12.6 Å². The van der Waals surface area contributed by atoms with Crippen LogP contribution in [0.5, 0.6) is 11.5 Å². The molecule has 33 heavy (non-hydrogen) atoms. The minimum Gasteiger partial charge on any atom is -0.493 e. The Morgan fingerprint density at radius 2 is 1.79 bits per heavy atom. The van der Waals surface area contributed by atoms with Crippen molar-refractivity contribution in [3.8, 4) is 11.5 Å². The van der Waals surface area contributed by atoms with Crippen molar-refractivity contribution in [1.82, 2.24) is 4.90 Å². The SMILES string of the molecule is COc1cc(C=CC(=O)N2CC[NH+](C)CC2)cc(S(=O)(=O)N2CCc3ccccc32)c1OC. The van der Waals surface area contributed by atoms with Crippen LogP contribution in [-0.4, -0.2) is 73.2 Å². The first-order valence-corrected chi connectivity index (χ1v) is 12.4. The zero-order valence-electron chi connectivity index (χ0n) is 19.2. The summed E-state index contributed by atoms with van der Waals surface area (Å²) in [4.78, 5) is 15.9. The number of nitrogens with one attached hydrogen (secondary N) is 1. The molecule has 0 saturated carbocycles. The van der Waals surface area contributed by atoms with E-state index in [1.807, 2.05) is 29.2 Å². The minimum absolute atomic E-state index is 0.0105. The zero-order chi connectivity index (χ0) is 23.6. The summed E-state index contributed by atoms with van der Waals surface area (Å²) in [6.45, 7) is 3.59. The normalized spacial score (nSPS) is 16.8. The van der Waals surface area contributed by atoms with Crippen molar-refractivity contribution < 1.29 is 27.6 Å². The summed E-state index contributed by atoms with van der Waals surface area (Å²) in [6, 6.07) is 10.7. The highest BCUT2D eigenvalue weighted by molar-refractivity contribution is 7.93. The van der Waals surface area contributed by atoms with Crippen molar-refractivity contribution in [3.05, 3.63) is 53.6 Å². The van der Waals surface area contributed by atoms with E-state index in [0.29, 0.717) is 43.1 Å². The van der Waals surface area contributed by atoms with E-state index >= 15 is 0 Å². The standard InChI is InChI=1S/C24H29N3O5S/c1-25-12-14-26(15-13-25)23(28)9-8-18-16-21(31-2)24(32-3)22(17-18)33(29,30)27-11-10-19-6-4-5-7-20(19)27/h4-9,16-17H,10-15H2,1-3H3/p+1. The average Bonchev–Trinajstić information content (AvgIpc) is 3.27. The van der Waals surface area contributed by atoms with E-state index in [2.05, 4.69) is 7.05 Å². The van der Waals surface area contributed by atoms with E-state index in [-0.39, 0.29) is 16.6 Å². The first-order chi connectivity index (χ1) is 15.8. The van der Waals surface area contributed by atoms with Crippen molar-refractivity contribution in [1.29, 1.82) is 0 Å². The van der Waals surface area contributed by atoms with Gasteiger partial charge in [0.2, 0.25) is 5.91 Å². The number of likely N-dealkylation sites (N-methyl/N-ethyl adjacent to an activating group) is 1. The number of ether oxygens (including phenoxy) is 2. The maximum absolute atomic E-state index is 13.7. The van der Waals surface area contributed by atoms with Gasteiger partial charge in [-0.25, -0.2) is 8.42 Å². The lowest BCUT2D eigenvalue weighted by Crippen LogP contribution is -3.12. The number of quaternary nitrogens is 1. The lowest BCUT2D eigenvalue weighted by atomic mass is 10.1. The summed E-state index contributed by atoms with van der Waals surface area (Å²) in [5.41, 5.74) is 2.21. The molecule has 2 aliphatic heterocycles. The van der Waals surface area contributed by atoms with Crippen LogP contribution in [0.25, 0.3) is 6.08 Å². The number of amides is 1. The van der Waals surface area contributed by atoms with Crippen LogP contribution in [0, 0.1) is 0 Å². The van der Waals surface area contributed by atoms with E-state index in [4.69, 9.17) is 9.47 Å². The molecule has 0 aromatic heterocycles. The highest BCUT2D eigenvalue weighted by Gasteiger charge is 2.34. The molecule has 0 radical (unpaired) electrons. The number of methoxy groups -OCH3 is 2. The van der Waals surface area contributed by atoms with E-state index in [0.717, 1.165) is 18.7 Å². The molecule has 0 bridgehead atoms. The largest absolute Gasteiger partial charge is 0.493 e. The van der Waals surface area contributed by atoms with Gasteiger partial charge in [-0.3, -0.25) is 9.10 Å². The second-order valence-electron chi connectivity index (χ2n) is 8.33. The summed E-state index contributed by atoms with van der Waals surface area (Å²) in [7, 11) is 1.08. The molecular weight excluding hydrogens is 442 g/mol. The first kappa shape index (κ1) is 23.1. The molecule has 2 aliphatic rings. The maximum atomic E-state index is 13.7. The Hall–Kier alpha value is -3.04. The van der Waals surface area contributed by atoms with E-state index in [1.165, 1.54) is 35.6 Å². The Kier molecular flexibility index (Phi) is 6.62. The topological polar surface area (TPSA) is 80.6 Å². The van der Waals surface area contributed by atoms with Crippen LogP contribution in [-0.2, 0) is 21.2 Å². The minimum atomic E-state index is -3.92. The predicted octanol–water partition coefficient (Wildman–Crippen LogP) is 0.825. The molecule has 1 fully saturated rings. The Morgan fingerprint density at radius 1 is 1.06 bits per heavy atom.